The number of hydrogen-bond donors (Lipinski definition) is 2. The summed E-state index contributed by atoms with van der Waals surface area (Å²) in [6.45, 7) is 3.52. The molecule has 0 heterocycles. The van der Waals surface area contributed by atoms with Crippen molar-refractivity contribution >= 4 is 17.5 Å². The average Bonchev–Trinajstić information content (AvgIpc) is 2.04. The molecule has 0 aliphatic carbocycles. The van der Waals surface area contributed by atoms with Crippen molar-refractivity contribution in [3.05, 3.63) is 0 Å². The van der Waals surface area contributed by atoms with Crippen LogP contribution in [0.4, 0.5) is 0 Å². The zero-order valence-electron chi connectivity index (χ0n) is 8.27. The van der Waals surface area contributed by atoms with E-state index >= 15 is 0 Å². The Kier molecular flexibility index (Phi) is 6.08. The molecule has 0 aromatic carbocycles. The first-order chi connectivity index (χ1) is 6.02. The summed E-state index contributed by atoms with van der Waals surface area (Å²) in [5.74, 6) is 0.570. The van der Waals surface area contributed by atoms with Gasteiger partial charge in [-0.3, -0.25) is 4.79 Å². The van der Waals surface area contributed by atoms with Crippen molar-refractivity contribution in [3.63, 3.8) is 0 Å². The van der Waals surface area contributed by atoms with Crippen molar-refractivity contribution < 1.29 is 9.90 Å². The molecule has 0 spiro atoms. The molecule has 0 bridgehead atoms. The third kappa shape index (κ3) is 6.84. The predicted octanol–water partition coefficient (Wildman–Crippen LogP) is 1.28. The molecule has 0 radical (unpaired) electrons. The van der Waals surface area contributed by atoms with Gasteiger partial charge >= 0.3 is 0 Å². The first-order valence-corrected chi connectivity index (χ1v) is 5.03. The molecule has 0 saturated heterocycles. The summed E-state index contributed by atoms with van der Waals surface area (Å²) in [7, 11) is 0. The zero-order chi connectivity index (χ0) is 10.3. The van der Waals surface area contributed by atoms with Gasteiger partial charge in [-0.05, 0) is 26.7 Å². The number of hydrogen-bond acceptors (Lipinski definition) is 2. The molecule has 4 heteroatoms. The van der Waals surface area contributed by atoms with E-state index in [1.165, 1.54) is 0 Å². The highest BCUT2D eigenvalue weighted by atomic mass is 35.5. The van der Waals surface area contributed by atoms with Crippen LogP contribution in [0.3, 0.4) is 0 Å². The molecule has 0 aliphatic rings. The van der Waals surface area contributed by atoms with Crippen molar-refractivity contribution in [2.75, 3.05) is 12.5 Å². The van der Waals surface area contributed by atoms with Gasteiger partial charge in [0.05, 0.1) is 12.1 Å². The highest BCUT2D eigenvalue weighted by Crippen LogP contribution is 2.02. The highest BCUT2D eigenvalue weighted by Gasteiger charge is 2.18. The third-order valence-corrected chi connectivity index (χ3v) is 1.93. The van der Waals surface area contributed by atoms with Gasteiger partial charge < -0.3 is 10.4 Å². The van der Waals surface area contributed by atoms with Crippen molar-refractivity contribution in [2.24, 2.45) is 0 Å². The van der Waals surface area contributed by atoms with E-state index in [0.29, 0.717) is 12.3 Å². The smallest absolute Gasteiger partial charge is 0.220 e. The highest BCUT2D eigenvalue weighted by molar-refractivity contribution is 6.17. The molecule has 0 atom stereocenters. The Morgan fingerprint density at radius 3 is 2.54 bits per heavy atom. The van der Waals surface area contributed by atoms with E-state index in [2.05, 4.69) is 5.32 Å². The lowest BCUT2D eigenvalue weighted by molar-refractivity contribution is -0.123. The lowest BCUT2D eigenvalue weighted by atomic mass is 10.1. The van der Waals surface area contributed by atoms with Crippen LogP contribution in [0.2, 0.25) is 0 Å². The number of rotatable bonds is 6. The van der Waals surface area contributed by atoms with E-state index in [4.69, 9.17) is 16.7 Å². The topological polar surface area (TPSA) is 49.3 Å². The molecule has 0 fully saturated rings. The number of carbonyl (C=O) groups excluding carboxylic acids is 1. The lowest BCUT2D eigenvalue weighted by Crippen LogP contribution is -2.46. The number of aliphatic hydroxyl groups is 1. The third-order valence-electron chi connectivity index (χ3n) is 1.66. The molecule has 0 aliphatic heterocycles. The molecule has 0 unspecified atom stereocenters. The largest absolute Gasteiger partial charge is 0.394 e. The Bertz CT molecular complexity index is 160. The molecule has 78 valence electrons. The number of aliphatic hydroxyl groups excluding tert-OH is 1. The van der Waals surface area contributed by atoms with Crippen molar-refractivity contribution in [3.8, 4) is 0 Å². The summed E-state index contributed by atoms with van der Waals surface area (Å²) in [6.07, 6.45) is 2.14. The lowest BCUT2D eigenvalue weighted by Gasteiger charge is -2.23. The minimum absolute atomic E-state index is 0.0239. The summed E-state index contributed by atoms with van der Waals surface area (Å²) >= 11 is 5.47. The quantitative estimate of drug-likeness (QED) is 0.509. The molecule has 0 aromatic heterocycles. The molecule has 13 heavy (non-hydrogen) atoms. The minimum Gasteiger partial charge on any atom is -0.394 e. The fourth-order valence-corrected chi connectivity index (χ4v) is 1.05. The molecule has 3 nitrogen and oxygen atoms in total. The summed E-state index contributed by atoms with van der Waals surface area (Å²) in [4.78, 5) is 11.2. The van der Waals surface area contributed by atoms with Gasteiger partial charge in [0.2, 0.25) is 5.91 Å². The van der Waals surface area contributed by atoms with Crippen molar-refractivity contribution in [1.29, 1.82) is 0 Å². The van der Waals surface area contributed by atoms with Crippen LogP contribution in [0.5, 0.6) is 0 Å². The monoisotopic (exact) mass is 207 g/mol. The SMILES string of the molecule is CC(C)(CO)NC(=O)CCCCCl. The van der Waals surface area contributed by atoms with Crippen LogP contribution in [0, 0.1) is 0 Å². The zero-order valence-corrected chi connectivity index (χ0v) is 9.02. The van der Waals surface area contributed by atoms with Crippen LogP contribution in [-0.2, 0) is 4.79 Å². The van der Waals surface area contributed by atoms with Crippen molar-refractivity contribution in [1.82, 2.24) is 5.32 Å². The number of amides is 1. The first kappa shape index (κ1) is 12.7. The van der Waals surface area contributed by atoms with Gasteiger partial charge in [-0.1, -0.05) is 0 Å². The fraction of sp³-hybridized carbons (Fsp3) is 0.889. The average molecular weight is 208 g/mol. The standard InChI is InChI=1S/C9H18ClNO2/c1-9(2,7-12)11-8(13)5-3-4-6-10/h12H,3-7H2,1-2H3,(H,11,13). The Hall–Kier alpha value is -0.280. The van der Waals surface area contributed by atoms with Crippen LogP contribution in [-0.4, -0.2) is 29.0 Å². The van der Waals surface area contributed by atoms with Gasteiger partial charge in [-0.2, -0.15) is 0 Å². The van der Waals surface area contributed by atoms with Gasteiger partial charge in [0.15, 0.2) is 0 Å². The second-order valence-corrected chi connectivity index (χ2v) is 4.11. The molecule has 1 amide bonds. The van der Waals surface area contributed by atoms with Gasteiger partial charge in [-0.25, -0.2) is 0 Å². The van der Waals surface area contributed by atoms with E-state index in [1.807, 2.05) is 0 Å². The predicted molar refractivity (Wildman–Crippen MR) is 53.9 cm³/mol. The molecular weight excluding hydrogens is 190 g/mol. The number of carbonyl (C=O) groups is 1. The molecule has 0 aromatic rings. The number of alkyl halides is 1. The molecular formula is C9H18ClNO2. The Morgan fingerprint density at radius 2 is 2.08 bits per heavy atom. The van der Waals surface area contributed by atoms with Crippen LogP contribution < -0.4 is 5.32 Å². The van der Waals surface area contributed by atoms with E-state index in [1.54, 1.807) is 13.8 Å². The van der Waals surface area contributed by atoms with E-state index in [-0.39, 0.29) is 12.5 Å². The Balaban J connectivity index is 3.62. The van der Waals surface area contributed by atoms with Crippen LogP contribution >= 0.6 is 11.6 Å². The van der Waals surface area contributed by atoms with E-state index in [9.17, 15) is 4.79 Å². The number of unbranched alkanes of at least 4 members (excludes halogenated alkanes) is 1. The van der Waals surface area contributed by atoms with E-state index < -0.39 is 5.54 Å². The first-order valence-electron chi connectivity index (χ1n) is 4.49. The maximum absolute atomic E-state index is 11.2. The second-order valence-electron chi connectivity index (χ2n) is 3.74. The van der Waals surface area contributed by atoms with E-state index in [0.717, 1.165) is 12.8 Å². The Labute approximate surface area is 84.5 Å². The van der Waals surface area contributed by atoms with Crippen LogP contribution in [0.15, 0.2) is 0 Å². The summed E-state index contributed by atoms with van der Waals surface area (Å²) in [6, 6.07) is 0. The van der Waals surface area contributed by atoms with Gasteiger partial charge in [0.1, 0.15) is 0 Å². The van der Waals surface area contributed by atoms with Crippen LogP contribution in [0.25, 0.3) is 0 Å². The molecule has 0 rings (SSSR count). The summed E-state index contributed by atoms with van der Waals surface area (Å²) in [5.41, 5.74) is -0.516. The number of nitrogens with one attached hydrogen (secondary N) is 1. The summed E-state index contributed by atoms with van der Waals surface area (Å²) in [5, 5.41) is 11.6. The second kappa shape index (κ2) is 6.22. The maximum atomic E-state index is 11.2. The fourth-order valence-electron chi connectivity index (χ4n) is 0.859. The van der Waals surface area contributed by atoms with Gasteiger partial charge in [0.25, 0.3) is 0 Å². The molecule has 2 N–H and O–H groups in total. The maximum Gasteiger partial charge on any atom is 0.220 e. The Morgan fingerprint density at radius 1 is 1.46 bits per heavy atom. The minimum atomic E-state index is -0.516. The van der Waals surface area contributed by atoms with Crippen LogP contribution in [0.1, 0.15) is 33.1 Å². The summed E-state index contributed by atoms with van der Waals surface area (Å²) < 4.78 is 0. The van der Waals surface area contributed by atoms with Gasteiger partial charge in [-0.15, -0.1) is 11.6 Å². The molecule has 0 saturated carbocycles. The normalized spacial score (nSPS) is 11.4. The van der Waals surface area contributed by atoms with Crippen molar-refractivity contribution in [2.45, 2.75) is 38.6 Å². The number of halogens is 1. The van der Waals surface area contributed by atoms with Gasteiger partial charge in [0, 0.05) is 12.3 Å².